The maximum atomic E-state index is 16.9. The Morgan fingerprint density at radius 1 is 0.893 bits per heavy atom. The van der Waals surface area contributed by atoms with Gasteiger partial charge in [0.15, 0.2) is 0 Å². The zero-order chi connectivity index (χ0) is 19.7. The summed E-state index contributed by atoms with van der Waals surface area (Å²) in [6.45, 7) is 4.57. The molecule has 1 heteroatoms. The summed E-state index contributed by atoms with van der Waals surface area (Å²) in [5.74, 6) is -0.144. The van der Waals surface area contributed by atoms with Crippen LogP contribution in [0.25, 0.3) is 0 Å². The van der Waals surface area contributed by atoms with Crippen LogP contribution < -0.4 is 0 Å². The number of benzene rings is 1. The highest BCUT2D eigenvalue weighted by Crippen LogP contribution is 2.66. The Kier molecular flexibility index (Phi) is 5.55. The van der Waals surface area contributed by atoms with Crippen LogP contribution in [0, 0.1) is 10.8 Å². The second-order valence-corrected chi connectivity index (χ2v) is 9.82. The molecular formula is C27H37F. The number of unbranched alkanes of at least 4 members (excludes halogenated alkanes) is 2. The minimum Gasteiger partial charge on any atom is -0.238 e. The van der Waals surface area contributed by atoms with Gasteiger partial charge < -0.3 is 0 Å². The second-order valence-electron chi connectivity index (χ2n) is 9.82. The van der Waals surface area contributed by atoms with Gasteiger partial charge in [-0.2, -0.15) is 0 Å². The Bertz CT molecular complexity index is 701. The molecule has 3 saturated carbocycles. The van der Waals surface area contributed by atoms with Crippen LogP contribution in [-0.2, 0) is 6.42 Å². The lowest BCUT2D eigenvalue weighted by Gasteiger charge is -2.59. The molecule has 0 aromatic heterocycles. The highest BCUT2D eigenvalue weighted by molar-refractivity contribution is 5.40. The van der Waals surface area contributed by atoms with Gasteiger partial charge in [-0.25, -0.2) is 4.39 Å². The van der Waals surface area contributed by atoms with Gasteiger partial charge in [0.2, 0.25) is 0 Å². The Hall–Kier alpha value is -1.37. The van der Waals surface area contributed by atoms with E-state index in [1.165, 1.54) is 50.5 Å². The van der Waals surface area contributed by atoms with Gasteiger partial charge in [0, 0.05) is 11.3 Å². The average Bonchev–Trinajstić information content (AvgIpc) is 2.76. The second kappa shape index (κ2) is 7.81. The monoisotopic (exact) mass is 380 g/mol. The lowest BCUT2D eigenvalue weighted by Crippen LogP contribution is -2.54. The summed E-state index contributed by atoms with van der Waals surface area (Å²) in [4.78, 5) is 0. The summed E-state index contributed by atoms with van der Waals surface area (Å²) in [5, 5.41) is 0. The Labute approximate surface area is 171 Å². The number of hydrogen-bond acceptors (Lipinski definition) is 0. The summed E-state index contributed by atoms with van der Waals surface area (Å²) in [6, 6.07) is 8.86. The topological polar surface area (TPSA) is 0 Å². The predicted octanol–water partition coefficient (Wildman–Crippen LogP) is 8.09. The molecule has 0 spiro atoms. The molecule has 0 aliphatic heterocycles. The molecule has 2 bridgehead atoms. The van der Waals surface area contributed by atoms with E-state index in [1.54, 1.807) is 0 Å². The fourth-order valence-electron chi connectivity index (χ4n) is 6.31. The minimum atomic E-state index is -1.24. The van der Waals surface area contributed by atoms with Crippen molar-refractivity contribution in [3.8, 4) is 0 Å². The van der Waals surface area contributed by atoms with Gasteiger partial charge in [0.1, 0.15) is 5.67 Å². The zero-order valence-corrected chi connectivity index (χ0v) is 17.9. The van der Waals surface area contributed by atoms with Gasteiger partial charge in [-0.3, -0.25) is 0 Å². The van der Waals surface area contributed by atoms with Crippen LogP contribution in [0.3, 0.4) is 0 Å². The molecule has 0 amide bonds. The summed E-state index contributed by atoms with van der Waals surface area (Å²) in [7, 11) is 0. The molecular weight excluding hydrogens is 343 g/mol. The van der Waals surface area contributed by atoms with Crippen molar-refractivity contribution in [3.05, 3.63) is 59.7 Å². The van der Waals surface area contributed by atoms with Crippen LogP contribution in [-0.4, -0.2) is 5.67 Å². The molecule has 0 N–H and O–H groups in total. The van der Waals surface area contributed by atoms with E-state index < -0.39 is 5.67 Å². The molecule has 0 heterocycles. The molecule has 3 fully saturated rings. The molecule has 4 aliphatic carbocycles. The van der Waals surface area contributed by atoms with Crippen molar-refractivity contribution >= 4 is 0 Å². The molecule has 28 heavy (non-hydrogen) atoms. The summed E-state index contributed by atoms with van der Waals surface area (Å²) in [5.41, 5.74) is 1.64. The van der Waals surface area contributed by atoms with Crippen LogP contribution in [0.4, 0.5) is 4.39 Å². The van der Waals surface area contributed by atoms with Crippen molar-refractivity contribution in [3.63, 3.8) is 0 Å². The number of allylic oxidation sites excluding steroid dienone is 4. The van der Waals surface area contributed by atoms with Crippen molar-refractivity contribution in [1.82, 2.24) is 0 Å². The smallest absolute Gasteiger partial charge is 0.145 e. The molecule has 4 aliphatic rings. The van der Waals surface area contributed by atoms with E-state index in [0.717, 1.165) is 31.2 Å². The van der Waals surface area contributed by atoms with Crippen LogP contribution in [0.1, 0.15) is 95.1 Å². The first-order valence-corrected chi connectivity index (χ1v) is 11.7. The number of hydrogen-bond donors (Lipinski definition) is 0. The minimum absolute atomic E-state index is 0.144. The SMILES string of the molecule is CCCCCc1ccc(C2C=CC=CC2(F)C23CCC(CC)(CC2)CC3)cc1. The lowest BCUT2D eigenvalue weighted by atomic mass is 9.46. The first kappa shape index (κ1) is 19.9. The molecule has 2 unspecified atom stereocenters. The van der Waals surface area contributed by atoms with E-state index in [2.05, 4.69) is 50.3 Å². The normalized spacial score (nSPS) is 36.8. The van der Waals surface area contributed by atoms with Crippen molar-refractivity contribution < 1.29 is 4.39 Å². The fraction of sp³-hybridized carbons (Fsp3) is 0.630. The Balaban J connectivity index is 1.57. The molecule has 5 rings (SSSR count). The maximum absolute atomic E-state index is 16.9. The maximum Gasteiger partial charge on any atom is 0.145 e. The molecule has 152 valence electrons. The van der Waals surface area contributed by atoms with Gasteiger partial charge in [0.05, 0.1) is 0 Å². The average molecular weight is 381 g/mol. The summed E-state index contributed by atoms with van der Waals surface area (Å²) >= 11 is 0. The Morgan fingerprint density at radius 3 is 2.18 bits per heavy atom. The number of aryl methyl sites for hydroxylation is 1. The van der Waals surface area contributed by atoms with Crippen molar-refractivity contribution in [1.29, 1.82) is 0 Å². The van der Waals surface area contributed by atoms with E-state index in [4.69, 9.17) is 0 Å². The van der Waals surface area contributed by atoms with E-state index in [9.17, 15) is 0 Å². The van der Waals surface area contributed by atoms with Crippen LogP contribution in [0.15, 0.2) is 48.6 Å². The Morgan fingerprint density at radius 2 is 1.57 bits per heavy atom. The molecule has 0 radical (unpaired) electrons. The molecule has 0 saturated heterocycles. The van der Waals surface area contributed by atoms with E-state index in [0.29, 0.717) is 5.41 Å². The molecule has 1 aromatic carbocycles. The van der Waals surface area contributed by atoms with Crippen LogP contribution in [0.2, 0.25) is 0 Å². The molecule has 1 aromatic rings. The lowest BCUT2D eigenvalue weighted by molar-refractivity contribution is -0.0987. The van der Waals surface area contributed by atoms with Gasteiger partial charge in [-0.1, -0.05) is 75.6 Å². The zero-order valence-electron chi connectivity index (χ0n) is 17.9. The molecule has 0 nitrogen and oxygen atoms in total. The highest BCUT2D eigenvalue weighted by atomic mass is 19.1. The number of alkyl halides is 1. The fourth-order valence-corrected chi connectivity index (χ4v) is 6.31. The van der Waals surface area contributed by atoms with Gasteiger partial charge in [-0.05, 0) is 74.0 Å². The van der Waals surface area contributed by atoms with Crippen molar-refractivity contribution in [2.24, 2.45) is 10.8 Å². The van der Waals surface area contributed by atoms with E-state index >= 15 is 4.39 Å². The van der Waals surface area contributed by atoms with E-state index in [1.807, 2.05) is 12.2 Å². The first-order chi connectivity index (χ1) is 13.6. The third-order valence-corrected chi connectivity index (χ3v) is 8.58. The van der Waals surface area contributed by atoms with Crippen LogP contribution in [0.5, 0.6) is 0 Å². The highest BCUT2D eigenvalue weighted by Gasteiger charge is 2.60. The number of fused-ring (bicyclic) bond motifs is 3. The summed E-state index contributed by atoms with van der Waals surface area (Å²) in [6.07, 6.45) is 21.1. The van der Waals surface area contributed by atoms with Crippen molar-refractivity contribution in [2.45, 2.75) is 96.1 Å². The summed E-state index contributed by atoms with van der Waals surface area (Å²) < 4.78 is 16.9. The van der Waals surface area contributed by atoms with Gasteiger partial charge >= 0.3 is 0 Å². The third-order valence-electron chi connectivity index (χ3n) is 8.58. The molecule has 2 atom stereocenters. The van der Waals surface area contributed by atoms with Crippen molar-refractivity contribution in [2.75, 3.05) is 0 Å². The van der Waals surface area contributed by atoms with E-state index in [-0.39, 0.29) is 11.3 Å². The first-order valence-electron chi connectivity index (χ1n) is 11.7. The number of halogens is 1. The predicted molar refractivity (Wildman–Crippen MR) is 117 cm³/mol. The third kappa shape index (κ3) is 3.29. The largest absolute Gasteiger partial charge is 0.238 e. The number of rotatable bonds is 7. The van der Waals surface area contributed by atoms with Gasteiger partial charge in [-0.15, -0.1) is 0 Å². The van der Waals surface area contributed by atoms with Gasteiger partial charge in [0.25, 0.3) is 0 Å². The standard InChI is InChI=1S/C27H37F/c1-3-5-6-9-22-11-13-23(14-12-22)24-10-7-8-15-27(24,28)26-19-16-25(4-2,17-20-26)18-21-26/h7-8,10-15,24H,3-6,9,16-21H2,1-2H3. The van der Waals surface area contributed by atoms with Crippen LogP contribution >= 0.6 is 0 Å². The quantitative estimate of drug-likeness (QED) is 0.419.